The van der Waals surface area contributed by atoms with Crippen LogP contribution in [0.15, 0.2) is 18.2 Å². The van der Waals surface area contributed by atoms with Gasteiger partial charge in [-0.2, -0.15) is 0 Å². The number of likely N-dealkylation sites (tertiary alicyclic amines) is 1. The van der Waals surface area contributed by atoms with Crippen LogP contribution >= 0.6 is 23.2 Å². The third-order valence-electron chi connectivity index (χ3n) is 5.42. The molecule has 1 aromatic rings. The Morgan fingerprint density at radius 2 is 1.85 bits per heavy atom. The highest BCUT2D eigenvalue weighted by molar-refractivity contribution is 6.42. The lowest BCUT2D eigenvalue weighted by Gasteiger charge is -2.44. The fraction of sp³-hybridized carbons (Fsp3) is 0.632. The van der Waals surface area contributed by atoms with Gasteiger partial charge in [0.2, 0.25) is 0 Å². The molecule has 2 N–H and O–H groups in total. The number of carboxylic acids is 1. The minimum Gasteiger partial charge on any atom is -0.480 e. The van der Waals surface area contributed by atoms with Crippen molar-refractivity contribution in [2.75, 3.05) is 45.8 Å². The van der Waals surface area contributed by atoms with E-state index in [1.54, 1.807) is 12.1 Å². The van der Waals surface area contributed by atoms with E-state index in [1.807, 2.05) is 11.0 Å². The van der Waals surface area contributed by atoms with Crippen LogP contribution in [-0.2, 0) is 11.2 Å². The monoisotopic (exact) mass is 415 g/mol. The highest BCUT2D eigenvalue weighted by atomic mass is 35.5. The molecule has 0 aromatic heterocycles. The molecule has 0 radical (unpaired) electrons. The predicted molar refractivity (Wildman–Crippen MR) is 106 cm³/mol. The van der Waals surface area contributed by atoms with Crippen molar-refractivity contribution < 1.29 is 15.0 Å². The van der Waals surface area contributed by atoms with E-state index in [0.717, 1.165) is 25.2 Å². The van der Waals surface area contributed by atoms with Gasteiger partial charge in [-0.05, 0) is 43.6 Å². The van der Waals surface area contributed by atoms with E-state index in [-0.39, 0.29) is 12.6 Å². The van der Waals surface area contributed by atoms with Crippen molar-refractivity contribution in [2.45, 2.75) is 31.5 Å². The molecule has 2 atom stereocenters. The second-order valence-electron chi connectivity index (χ2n) is 7.46. The molecule has 2 heterocycles. The van der Waals surface area contributed by atoms with Crippen molar-refractivity contribution in [1.29, 1.82) is 0 Å². The van der Waals surface area contributed by atoms with Crippen LogP contribution in [0.25, 0.3) is 0 Å². The quantitative estimate of drug-likeness (QED) is 0.709. The Balaban J connectivity index is 1.67. The van der Waals surface area contributed by atoms with Crippen LogP contribution in [0.5, 0.6) is 0 Å². The number of carbonyl (C=O) groups is 1. The summed E-state index contributed by atoms with van der Waals surface area (Å²) in [5, 5.41) is 21.0. The van der Waals surface area contributed by atoms with Gasteiger partial charge in [-0.1, -0.05) is 29.3 Å². The number of rotatable bonds is 7. The molecule has 1 aromatic carbocycles. The summed E-state index contributed by atoms with van der Waals surface area (Å²) >= 11 is 12.1. The molecular formula is C19H27Cl2N3O3. The lowest BCUT2D eigenvalue weighted by Crippen LogP contribution is -2.60. The molecule has 0 aliphatic carbocycles. The van der Waals surface area contributed by atoms with Gasteiger partial charge in [0.25, 0.3) is 0 Å². The minimum atomic E-state index is -0.806. The number of aliphatic hydroxyl groups excluding tert-OH is 1. The van der Waals surface area contributed by atoms with E-state index in [1.165, 1.54) is 12.8 Å². The largest absolute Gasteiger partial charge is 0.480 e. The summed E-state index contributed by atoms with van der Waals surface area (Å²) in [5.74, 6) is -0.806. The molecule has 8 heteroatoms. The summed E-state index contributed by atoms with van der Waals surface area (Å²) in [6, 6.07) is 5.53. The molecule has 1 unspecified atom stereocenters. The van der Waals surface area contributed by atoms with Crippen molar-refractivity contribution in [3.63, 3.8) is 0 Å². The average molecular weight is 416 g/mol. The van der Waals surface area contributed by atoms with Crippen molar-refractivity contribution in [3.05, 3.63) is 33.8 Å². The molecule has 0 bridgehead atoms. The molecule has 2 saturated heterocycles. The van der Waals surface area contributed by atoms with Crippen LogP contribution in [0.4, 0.5) is 0 Å². The fourth-order valence-electron chi connectivity index (χ4n) is 4.08. The first kappa shape index (κ1) is 20.8. The Morgan fingerprint density at radius 3 is 2.52 bits per heavy atom. The number of aliphatic carboxylic acids is 1. The first-order chi connectivity index (χ1) is 12.9. The molecule has 0 saturated carbocycles. The van der Waals surface area contributed by atoms with E-state index in [2.05, 4.69) is 9.80 Å². The Kier molecular flexibility index (Phi) is 7.36. The van der Waals surface area contributed by atoms with Gasteiger partial charge in [0, 0.05) is 38.6 Å². The van der Waals surface area contributed by atoms with E-state index >= 15 is 0 Å². The molecule has 27 heavy (non-hydrogen) atoms. The number of hydrogen-bond acceptors (Lipinski definition) is 5. The zero-order valence-electron chi connectivity index (χ0n) is 15.4. The Morgan fingerprint density at radius 1 is 1.11 bits per heavy atom. The average Bonchev–Trinajstić information content (AvgIpc) is 3.11. The fourth-order valence-corrected chi connectivity index (χ4v) is 4.40. The molecule has 3 rings (SSSR count). The predicted octanol–water partition coefficient (Wildman–Crippen LogP) is 2.02. The Labute approximate surface area is 170 Å². The summed E-state index contributed by atoms with van der Waals surface area (Å²) in [7, 11) is 0. The van der Waals surface area contributed by atoms with Crippen LogP contribution in [0, 0.1) is 0 Å². The third-order valence-corrected chi connectivity index (χ3v) is 6.16. The van der Waals surface area contributed by atoms with Crippen LogP contribution in [-0.4, -0.2) is 89.0 Å². The third kappa shape index (κ3) is 5.79. The molecule has 0 spiro atoms. The van der Waals surface area contributed by atoms with Crippen molar-refractivity contribution in [2.24, 2.45) is 0 Å². The van der Waals surface area contributed by atoms with E-state index < -0.39 is 12.2 Å². The van der Waals surface area contributed by atoms with Crippen LogP contribution in [0.1, 0.15) is 18.4 Å². The molecule has 0 amide bonds. The topological polar surface area (TPSA) is 67.2 Å². The van der Waals surface area contributed by atoms with Crippen molar-refractivity contribution >= 4 is 29.2 Å². The molecule has 150 valence electrons. The SMILES string of the molecule is O=C(O)CN1CCN(C(O)Cc2ccc(Cl)c(Cl)c2)[C@H](CN2CCCC2)C1. The van der Waals surface area contributed by atoms with E-state index in [0.29, 0.717) is 36.1 Å². The lowest BCUT2D eigenvalue weighted by atomic mass is 10.1. The zero-order chi connectivity index (χ0) is 19.4. The lowest BCUT2D eigenvalue weighted by molar-refractivity contribution is -0.140. The van der Waals surface area contributed by atoms with Gasteiger partial charge in [0.15, 0.2) is 0 Å². The van der Waals surface area contributed by atoms with Gasteiger partial charge in [-0.15, -0.1) is 0 Å². The maximum absolute atomic E-state index is 11.1. The molecular weight excluding hydrogens is 389 g/mol. The van der Waals surface area contributed by atoms with Crippen molar-refractivity contribution in [1.82, 2.24) is 14.7 Å². The van der Waals surface area contributed by atoms with Gasteiger partial charge in [-0.25, -0.2) is 0 Å². The Hall–Kier alpha value is -0.890. The number of nitrogens with zero attached hydrogens (tertiary/aromatic N) is 3. The molecule has 2 aliphatic rings. The molecule has 2 aliphatic heterocycles. The highest BCUT2D eigenvalue weighted by Crippen LogP contribution is 2.24. The molecule has 2 fully saturated rings. The van der Waals surface area contributed by atoms with Gasteiger partial charge >= 0.3 is 5.97 Å². The van der Waals surface area contributed by atoms with E-state index in [4.69, 9.17) is 28.3 Å². The summed E-state index contributed by atoms with van der Waals surface area (Å²) in [6.45, 7) is 5.00. The van der Waals surface area contributed by atoms with Crippen LogP contribution in [0.3, 0.4) is 0 Å². The van der Waals surface area contributed by atoms with Crippen molar-refractivity contribution in [3.8, 4) is 0 Å². The zero-order valence-corrected chi connectivity index (χ0v) is 16.9. The number of hydrogen-bond donors (Lipinski definition) is 2. The summed E-state index contributed by atoms with van der Waals surface area (Å²) < 4.78 is 0. The normalized spacial score (nSPS) is 23.6. The number of piperazine rings is 1. The van der Waals surface area contributed by atoms with Crippen LogP contribution < -0.4 is 0 Å². The summed E-state index contributed by atoms with van der Waals surface area (Å²) in [5.41, 5.74) is 0.935. The minimum absolute atomic E-state index is 0.0488. The van der Waals surface area contributed by atoms with Gasteiger partial charge in [-0.3, -0.25) is 14.6 Å². The maximum atomic E-state index is 11.1. The van der Waals surface area contributed by atoms with Gasteiger partial charge < -0.3 is 15.1 Å². The number of carboxylic acid groups (broad SMARTS) is 1. The van der Waals surface area contributed by atoms with E-state index in [9.17, 15) is 9.90 Å². The Bertz CT molecular complexity index is 655. The first-order valence-corrected chi connectivity index (χ1v) is 10.2. The second kappa shape index (κ2) is 9.54. The maximum Gasteiger partial charge on any atom is 0.317 e. The van der Waals surface area contributed by atoms with Crippen LogP contribution in [0.2, 0.25) is 10.0 Å². The molecule has 6 nitrogen and oxygen atoms in total. The summed E-state index contributed by atoms with van der Waals surface area (Å²) in [6.07, 6.45) is 2.24. The second-order valence-corrected chi connectivity index (χ2v) is 8.28. The van der Waals surface area contributed by atoms with Gasteiger partial charge in [0.05, 0.1) is 16.6 Å². The summed E-state index contributed by atoms with van der Waals surface area (Å²) in [4.78, 5) is 17.6. The van der Waals surface area contributed by atoms with Gasteiger partial charge in [0.1, 0.15) is 6.23 Å². The first-order valence-electron chi connectivity index (χ1n) is 9.46. The number of benzene rings is 1. The number of aliphatic hydroxyl groups is 1. The highest BCUT2D eigenvalue weighted by Gasteiger charge is 2.33. The standard InChI is InChI=1S/C19H27Cl2N3O3/c20-16-4-3-14(9-17(16)21)10-18(25)24-8-7-23(13-19(26)27)12-15(24)11-22-5-1-2-6-22/h3-4,9,15,18,25H,1-2,5-8,10-13H2,(H,26,27)/t15-,18?/m1/s1. The number of halogens is 2. The smallest absolute Gasteiger partial charge is 0.317 e.